The summed E-state index contributed by atoms with van der Waals surface area (Å²) >= 11 is 6.30. The number of hydrogen-bond donors (Lipinski definition) is 1. The molecule has 9 nitrogen and oxygen atoms in total. The quantitative estimate of drug-likeness (QED) is 0.157. The van der Waals surface area contributed by atoms with Crippen LogP contribution in [0.4, 0.5) is 17.1 Å². The number of pyridine rings is 2. The average Bonchev–Trinajstić information content (AvgIpc) is 2.89. The molecule has 10 heteroatoms. The number of nitrogen functional groups attached to an aromatic ring is 1. The molecule has 6 rings (SSSR count). The summed E-state index contributed by atoms with van der Waals surface area (Å²) in [5, 5.41) is 25.2. The van der Waals surface area contributed by atoms with Crippen LogP contribution in [-0.2, 0) is 0 Å². The Labute approximate surface area is 208 Å². The van der Waals surface area contributed by atoms with E-state index in [0.29, 0.717) is 21.7 Å². The highest BCUT2D eigenvalue weighted by Crippen LogP contribution is 2.32. The lowest BCUT2D eigenvalue weighted by Gasteiger charge is -2.06. The number of fused-ring (bicyclic) bond motifs is 4. The van der Waals surface area contributed by atoms with E-state index in [0.717, 1.165) is 32.6 Å². The predicted octanol–water partition coefficient (Wildman–Crippen LogP) is 6.83. The van der Waals surface area contributed by atoms with E-state index in [1.807, 2.05) is 48.5 Å². The van der Waals surface area contributed by atoms with Crippen LogP contribution in [0, 0.1) is 20.2 Å². The third kappa shape index (κ3) is 4.08. The normalized spacial score (nSPS) is 10.9. The van der Waals surface area contributed by atoms with Gasteiger partial charge in [0.1, 0.15) is 0 Å². The number of rotatable bonds is 2. The Hall–Kier alpha value is -4.89. The zero-order valence-electron chi connectivity index (χ0n) is 18.5. The monoisotopic (exact) mass is 497 g/mol. The fourth-order valence-electron chi connectivity index (χ4n) is 3.97. The molecule has 0 amide bonds. The standard InChI is InChI=1S/C13H7ClN2O2.C13H9N3O2/c2*14-13-9-3-1-2-4-11(9)15-12-7-8(16(17)18)5-6-10(12)13/h1-7H;1-7H,(H2,14,15). The van der Waals surface area contributed by atoms with E-state index >= 15 is 0 Å². The first kappa shape index (κ1) is 22.9. The molecule has 0 saturated heterocycles. The SMILES string of the molecule is Nc1c2ccccc2nc2cc([N+](=O)[O-])ccc12.O=[N+]([O-])c1ccc2c(Cl)c3ccccc3nc2c1. The zero-order chi connectivity index (χ0) is 25.4. The number of nitro groups is 2. The second-order valence-corrected chi connectivity index (χ2v) is 8.28. The topological polar surface area (TPSA) is 138 Å². The van der Waals surface area contributed by atoms with Crippen LogP contribution in [0.3, 0.4) is 0 Å². The van der Waals surface area contributed by atoms with Crippen molar-refractivity contribution < 1.29 is 9.85 Å². The Bertz CT molecular complexity index is 1710. The third-order valence-corrected chi connectivity index (χ3v) is 6.13. The number of nitrogens with two attached hydrogens (primary N) is 1. The van der Waals surface area contributed by atoms with Crippen molar-refractivity contribution in [3.8, 4) is 0 Å². The van der Waals surface area contributed by atoms with Crippen molar-refractivity contribution in [2.75, 3.05) is 5.73 Å². The van der Waals surface area contributed by atoms with Crippen molar-refractivity contribution >= 4 is 72.3 Å². The van der Waals surface area contributed by atoms with Gasteiger partial charge in [0.05, 0.1) is 42.6 Å². The van der Waals surface area contributed by atoms with E-state index in [9.17, 15) is 20.2 Å². The van der Waals surface area contributed by atoms with Crippen molar-refractivity contribution in [3.05, 3.63) is 110 Å². The van der Waals surface area contributed by atoms with E-state index < -0.39 is 9.85 Å². The van der Waals surface area contributed by atoms with Crippen LogP contribution in [0.5, 0.6) is 0 Å². The molecular weight excluding hydrogens is 482 g/mol. The summed E-state index contributed by atoms with van der Waals surface area (Å²) in [6.45, 7) is 0. The van der Waals surface area contributed by atoms with Gasteiger partial charge in [0.2, 0.25) is 0 Å². The first-order valence-corrected chi connectivity index (χ1v) is 11.1. The van der Waals surface area contributed by atoms with Crippen LogP contribution in [0.2, 0.25) is 5.02 Å². The number of nitrogens with zero attached hydrogens (tertiary/aromatic N) is 4. The van der Waals surface area contributed by atoms with Crippen molar-refractivity contribution in [2.24, 2.45) is 0 Å². The van der Waals surface area contributed by atoms with E-state index in [1.165, 1.54) is 24.3 Å². The van der Waals surface area contributed by atoms with Crippen LogP contribution in [-0.4, -0.2) is 19.8 Å². The lowest BCUT2D eigenvalue weighted by molar-refractivity contribution is -0.384. The van der Waals surface area contributed by atoms with Gasteiger partial charge in [0, 0.05) is 45.8 Å². The van der Waals surface area contributed by atoms with Crippen molar-refractivity contribution in [2.45, 2.75) is 0 Å². The molecule has 4 aromatic carbocycles. The number of benzene rings is 4. The lowest BCUT2D eigenvalue weighted by atomic mass is 10.1. The second kappa shape index (κ2) is 9.05. The second-order valence-electron chi connectivity index (χ2n) is 7.90. The maximum Gasteiger partial charge on any atom is 0.271 e. The molecule has 0 saturated carbocycles. The Morgan fingerprint density at radius 2 is 1.03 bits per heavy atom. The Balaban J connectivity index is 0.000000148. The first-order valence-electron chi connectivity index (χ1n) is 10.7. The summed E-state index contributed by atoms with van der Waals surface area (Å²) in [6, 6.07) is 24.0. The van der Waals surface area contributed by atoms with Gasteiger partial charge in [0.25, 0.3) is 11.4 Å². The molecule has 2 N–H and O–H groups in total. The molecule has 36 heavy (non-hydrogen) atoms. The van der Waals surface area contributed by atoms with Gasteiger partial charge in [-0.05, 0) is 24.3 Å². The minimum absolute atomic E-state index is 0.0151. The highest BCUT2D eigenvalue weighted by molar-refractivity contribution is 6.40. The summed E-state index contributed by atoms with van der Waals surface area (Å²) in [5.41, 5.74) is 9.25. The van der Waals surface area contributed by atoms with Gasteiger partial charge in [-0.25, -0.2) is 9.97 Å². The predicted molar refractivity (Wildman–Crippen MR) is 141 cm³/mol. The number of non-ortho nitro benzene ring substituents is 2. The lowest BCUT2D eigenvalue weighted by Crippen LogP contribution is -1.94. The van der Waals surface area contributed by atoms with Gasteiger partial charge in [-0.1, -0.05) is 48.0 Å². The molecule has 176 valence electrons. The minimum Gasteiger partial charge on any atom is -0.398 e. The maximum absolute atomic E-state index is 10.7. The van der Waals surface area contributed by atoms with Gasteiger partial charge in [-0.15, -0.1) is 0 Å². The third-order valence-electron chi connectivity index (χ3n) is 5.73. The first-order chi connectivity index (χ1) is 17.3. The molecule has 2 aromatic heterocycles. The summed E-state index contributed by atoms with van der Waals surface area (Å²) < 4.78 is 0. The molecule has 0 aliphatic carbocycles. The van der Waals surface area contributed by atoms with Crippen LogP contribution in [0.15, 0.2) is 84.9 Å². The largest absolute Gasteiger partial charge is 0.398 e. The van der Waals surface area contributed by atoms with Crippen molar-refractivity contribution in [1.82, 2.24) is 9.97 Å². The molecule has 0 atom stereocenters. The molecular formula is C26H16ClN5O4. The molecule has 0 spiro atoms. The molecule has 0 radical (unpaired) electrons. The van der Waals surface area contributed by atoms with E-state index in [2.05, 4.69) is 9.97 Å². The van der Waals surface area contributed by atoms with Crippen LogP contribution < -0.4 is 5.73 Å². The van der Waals surface area contributed by atoms with E-state index in [-0.39, 0.29) is 11.4 Å². The molecule has 0 unspecified atom stereocenters. The van der Waals surface area contributed by atoms with Gasteiger partial charge < -0.3 is 5.73 Å². The number of para-hydroxylation sites is 2. The number of hydrogen-bond acceptors (Lipinski definition) is 7. The maximum atomic E-state index is 10.7. The number of aromatic nitrogens is 2. The summed E-state index contributed by atoms with van der Waals surface area (Å²) in [7, 11) is 0. The number of halogens is 1. The molecule has 0 fully saturated rings. The molecule has 0 bridgehead atoms. The number of anilines is 1. The smallest absolute Gasteiger partial charge is 0.271 e. The average molecular weight is 498 g/mol. The van der Waals surface area contributed by atoms with Crippen LogP contribution in [0.1, 0.15) is 0 Å². The number of nitro benzene ring substituents is 2. The molecule has 6 aromatic rings. The van der Waals surface area contributed by atoms with Gasteiger partial charge in [-0.2, -0.15) is 0 Å². The molecule has 2 heterocycles. The highest BCUT2D eigenvalue weighted by Gasteiger charge is 2.12. The van der Waals surface area contributed by atoms with Gasteiger partial charge in [-0.3, -0.25) is 20.2 Å². The fourth-order valence-corrected chi connectivity index (χ4v) is 4.29. The molecule has 0 aliphatic heterocycles. The Kier molecular flexibility index (Phi) is 5.75. The minimum atomic E-state index is -0.440. The highest BCUT2D eigenvalue weighted by atomic mass is 35.5. The summed E-state index contributed by atoms with van der Waals surface area (Å²) in [6.07, 6.45) is 0. The zero-order valence-corrected chi connectivity index (χ0v) is 19.2. The van der Waals surface area contributed by atoms with Crippen LogP contribution >= 0.6 is 11.6 Å². The Morgan fingerprint density at radius 3 is 1.61 bits per heavy atom. The van der Waals surface area contributed by atoms with E-state index in [1.54, 1.807) is 12.1 Å². The fraction of sp³-hybridized carbons (Fsp3) is 0. The summed E-state index contributed by atoms with van der Waals surface area (Å²) in [5.74, 6) is 0. The van der Waals surface area contributed by atoms with Gasteiger partial charge in [0.15, 0.2) is 0 Å². The summed E-state index contributed by atoms with van der Waals surface area (Å²) in [4.78, 5) is 29.4. The van der Waals surface area contributed by atoms with Gasteiger partial charge >= 0.3 is 0 Å². The van der Waals surface area contributed by atoms with E-state index in [4.69, 9.17) is 17.3 Å². The van der Waals surface area contributed by atoms with Crippen molar-refractivity contribution in [3.63, 3.8) is 0 Å². The van der Waals surface area contributed by atoms with Crippen LogP contribution in [0.25, 0.3) is 43.6 Å². The molecule has 0 aliphatic rings. The Morgan fingerprint density at radius 1 is 0.611 bits per heavy atom. The van der Waals surface area contributed by atoms with Crippen molar-refractivity contribution in [1.29, 1.82) is 0 Å².